The van der Waals surface area contributed by atoms with Crippen molar-refractivity contribution in [1.82, 2.24) is 0 Å². The van der Waals surface area contributed by atoms with Crippen LogP contribution in [0.5, 0.6) is 0 Å². The second kappa shape index (κ2) is 2.82. The highest BCUT2D eigenvalue weighted by atomic mass is 15.3. The maximum absolute atomic E-state index is 2.33. The Morgan fingerprint density at radius 2 is 1.91 bits per heavy atom. The second-order valence-corrected chi connectivity index (χ2v) is 4.30. The second-order valence-electron chi connectivity index (χ2n) is 4.30. The smallest absolute Gasteiger partial charge is 0.104 e. The standard InChI is InChI=1S/C10H18N/c1-9-6-5-7-10(9)8-11(2,3)4/h6-7H,5,8H2,1-4H3/q+1. The van der Waals surface area contributed by atoms with Crippen molar-refractivity contribution >= 4 is 0 Å². The highest BCUT2D eigenvalue weighted by Crippen LogP contribution is 2.19. The Labute approximate surface area is 69.6 Å². The number of quaternary nitrogens is 1. The molecule has 0 amide bonds. The summed E-state index contributed by atoms with van der Waals surface area (Å²) in [5, 5.41) is 0. The SMILES string of the molecule is CC1=CCC=C1C[N+](C)(C)C. The van der Waals surface area contributed by atoms with E-state index in [0.717, 1.165) is 17.4 Å². The van der Waals surface area contributed by atoms with Crippen molar-refractivity contribution in [3.63, 3.8) is 0 Å². The molecule has 0 aliphatic heterocycles. The van der Waals surface area contributed by atoms with Crippen LogP contribution in [0.25, 0.3) is 0 Å². The number of hydrogen-bond donors (Lipinski definition) is 0. The van der Waals surface area contributed by atoms with Crippen LogP contribution in [0, 0.1) is 0 Å². The van der Waals surface area contributed by atoms with Crippen LogP contribution < -0.4 is 0 Å². The van der Waals surface area contributed by atoms with E-state index in [0.29, 0.717) is 0 Å². The van der Waals surface area contributed by atoms with Crippen LogP contribution in [-0.2, 0) is 0 Å². The molecule has 1 aliphatic carbocycles. The molecule has 0 N–H and O–H groups in total. The van der Waals surface area contributed by atoms with Crippen LogP contribution in [0.4, 0.5) is 0 Å². The van der Waals surface area contributed by atoms with Crippen molar-refractivity contribution in [2.75, 3.05) is 27.7 Å². The zero-order valence-electron chi connectivity index (χ0n) is 8.02. The average molecular weight is 152 g/mol. The van der Waals surface area contributed by atoms with Gasteiger partial charge in [-0.15, -0.1) is 0 Å². The van der Waals surface area contributed by atoms with Gasteiger partial charge in [-0.2, -0.15) is 0 Å². The predicted octanol–water partition coefficient (Wildman–Crippen LogP) is 1.97. The molecule has 0 atom stereocenters. The molecule has 0 bridgehead atoms. The molecule has 0 spiro atoms. The molecule has 11 heavy (non-hydrogen) atoms. The van der Waals surface area contributed by atoms with Gasteiger partial charge in [0.2, 0.25) is 0 Å². The van der Waals surface area contributed by atoms with Crippen LogP contribution in [-0.4, -0.2) is 32.2 Å². The van der Waals surface area contributed by atoms with E-state index >= 15 is 0 Å². The zero-order chi connectivity index (χ0) is 8.48. The summed E-state index contributed by atoms with van der Waals surface area (Å²) in [6.45, 7) is 3.36. The third-order valence-corrected chi connectivity index (χ3v) is 1.94. The van der Waals surface area contributed by atoms with Gasteiger partial charge in [-0.1, -0.05) is 12.2 Å². The van der Waals surface area contributed by atoms with Gasteiger partial charge >= 0.3 is 0 Å². The van der Waals surface area contributed by atoms with Gasteiger partial charge in [0.15, 0.2) is 0 Å². The lowest BCUT2D eigenvalue weighted by Crippen LogP contribution is -2.36. The maximum Gasteiger partial charge on any atom is 0.104 e. The Balaban J connectivity index is 2.58. The van der Waals surface area contributed by atoms with Crippen LogP contribution in [0.15, 0.2) is 23.3 Å². The summed E-state index contributed by atoms with van der Waals surface area (Å²) >= 11 is 0. The van der Waals surface area contributed by atoms with Crippen LogP contribution in [0.2, 0.25) is 0 Å². The first kappa shape index (κ1) is 8.54. The molecule has 0 radical (unpaired) electrons. The Hall–Kier alpha value is -0.560. The van der Waals surface area contributed by atoms with Gasteiger partial charge in [-0.25, -0.2) is 0 Å². The largest absolute Gasteiger partial charge is 0.327 e. The fraction of sp³-hybridized carbons (Fsp3) is 0.600. The van der Waals surface area contributed by atoms with Gasteiger partial charge < -0.3 is 4.48 Å². The highest BCUT2D eigenvalue weighted by molar-refractivity contribution is 5.35. The minimum absolute atomic E-state index is 1.02. The molecule has 0 saturated heterocycles. The fourth-order valence-corrected chi connectivity index (χ4v) is 1.37. The molecule has 1 nitrogen and oxygen atoms in total. The molecule has 0 aromatic rings. The van der Waals surface area contributed by atoms with Gasteiger partial charge in [-0.05, 0) is 18.9 Å². The molecular weight excluding hydrogens is 134 g/mol. The van der Waals surface area contributed by atoms with Crippen molar-refractivity contribution in [1.29, 1.82) is 0 Å². The monoisotopic (exact) mass is 152 g/mol. The number of rotatable bonds is 2. The summed E-state index contributed by atoms with van der Waals surface area (Å²) in [5.74, 6) is 0. The van der Waals surface area contributed by atoms with Gasteiger partial charge in [0.1, 0.15) is 6.54 Å². The summed E-state index contributed by atoms with van der Waals surface area (Å²) in [6.07, 6.45) is 5.77. The third-order valence-electron chi connectivity index (χ3n) is 1.94. The normalized spacial score (nSPS) is 18.2. The third kappa shape index (κ3) is 2.51. The molecule has 62 valence electrons. The van der Waals surface area contributed by atoms with Crippen LogP contribution >= 0.6 is 0 Å². The summed E-state index contributed by atoms with van der Waals surface area (Å²) < 4.78 is 1.02. The molecular formula is C10H18N+. The predicted molar refractivity (Wildman–Crippen MR) is 49.4 cm³/mol. The number of nitrogens with zero attached hydrogens (tertiary/aromatic N) is 1. The molecule has 0 aromatic carbocycles. The maximum atomic E-state index is 2.33. The zero-order valence-corrected chi connectivity index (χ0v) is 8.02. The van der Waals surface area contributed by atoms with Crippen molar-refractivity contribution < 1.29 is 4.48 Å². The summed E-state index contributed by atoms with van der Waals surface area (Å²) in [6, 6.07) is 0. The topological polar surface area (TPSA) is 0 Å². The lowest BCUT2D eigenvalue weighted by Gasteiger charge is -2.24. The van der Waals surface area contributed by atoms with E-state index in [-0.39, 0.29) is 0 Å². The Kier molecular flexibility index (Phi) is 2.19. The Morgan fingerprint density at radius 3 is 2.27 bits per heavy atom. The molecule has 1 heteroatoms. The van der Waals surface area contributed by atoms with E-state index in [4.69, 9.17) is 0 Å². The van der Waals surface area contributed by atoms with E-state index < -0.39 is 0 Å². The van der Waals surface area contributed by atoms with Crippen molar-refractivity contribution in [3.8, 4) is 0 Å². The molecule has 0 heterocycles. The summed E-state index contributed by atoms with van der Waals surface area (Å²) in [5.41, 5.74) is 3.00. The molecule has 0 aromatic heterocycles. The molecule has 0 saturated carbocycles. The summed E-state index contributed by atoms with van der Waals surface area (Å²) in [4.78, 5) is 0. The van der Waals surface area contributed by atoms with Crippen LogP contribution in [0.3, 0.4) is 0 Å². The van der Waals surface area contributed by atoms with Crippen molar-refractivity contribution in [3.05, 3.63) is 23.3 Å². The van der Waals surface area contributed by atoms with E-state index in [1.807, 2.05) is 0 Å². The van der Waals surface area contributed by atoms with E-state index in [9.17, 15) is 0 Å². The van der Waals surface area contributed by atoms with Gasteiger partial charge in [0.05, 0.1) is 21.1 Å². The minimum atomic E-state index is 1.02. The Morgan fingerprint density at radius 1 is 1.27 bits per heavy atom. The van der Waals surface area contributed by atoms with Gasteiger partial charge in [-0.3, -0.25) is 0 Å². The minimum Gasteiger partial charge on any atom is -0.327 e. The van der Waals surface area contributed by atoms with Crippen LogP contribution in [0.1, 0.15) is 13.3 Å². The quantitative estimate of drug-likeness (QED) is 0.531. The lowest BCUT2D eigenvalue weighted by atomic mass is 10.1. The van der Waals surface area contributed by atoms with Crippen molar-refractivity contribution in [2.45, 2.75) is 13.3 Å². The highest BCUT2D eigenvalue weighted by Gasteiger charge is 2.13. The molecule has 1 aliphatic rings. The van der Waals surface area contributed by atoms with E-state index in [2.05, 4.69) is 40.2 Å². The van der Waals surface area contributed by atoms with E-state index in [1.165, 1.54) is 11.1 Å². The van der Waals surface area contributed by atoms with Crippen molar-refractivity contribution in [2.24, 2.45) is 0 Å². The van der Waals surface area contributed by atoms with Gasteiger partial charge in [0.25, 0.3) is 0 Å². The molecule has 0 fully saturated rings. The molecule has 0 unspecified atom stereocenters. The first-order chi connectivity index (χ1) is 4.99. The number of hydrogen-bond acceptors (Lipinski definition) is 0. The van der Waals surface area contributed by atoms with Gasteiger partial charge in [0, 0.05) is 5.57 Å². The molecule has 1 rings (SSSR count). The summed E-state index contributed by atoms with van der Waals surface area (Å²) in [7, 11) is 6.69. The first-order valence-electron chi connectivity index (χ1n) is 4.16. The average Bonchev–Trinajstić information content (AvgIpc) is 2.12. The number of allylic oxidation sites excluding steroid dienone is 2. The number of likely N-dealkylation sites (N-methyl/N-ethyl adjacent to an activating group) is 1. The first-order valence-corrected chi connectivity index (χ1v) is 4.16. The fourth-order valence-electron chi connectivity index (χ4n) is 1.37. The Bertz CT molecular complexity index is 203. The van der Waals surface area contributed by atoms with E-state index in [1.54, 1.807) is 0 Å². The lowest BCUT2D eigenvalue weighted by molar-refractivity contribution is -0.865.